The monoisotopic (exact) mass is 488 g/mol. The summed E-state index contributed by atoms with van der Waals surface area (Å²) in [5.41, 5.74) is 1.60. The molecule has 0 radical (unpaired) electrons. The van der Waals surface area contributed by atoms with Gasteiger partial charge in [0.25, 0.3) is 0 Å². The van der Waals surface area contributed by atoms with Gasteiger partial charge in [-0.15, -0.1) is 0 Å². The Morgan fingerprint density at radius 2 is 1.60 bits per heavy atom. The highest BCUT2D eigenvalue weighted by Gasteiger charge is 2.22. The molecular formula is C22H21BrN2O4S. The zero-order chi connectivity index (χ0) is 21.6. The molecule has 3 aromatic rings. The highest BCUT2D eigenvalue weighted by molar-refractivity contribution is 9.10. The number of sulfonamides is 1. The van der Waals surface area contributed by atoms with E-state index in [4.69, 9.17) is 4.74 Å². The average molecular weight is 489 g/mol. The molecule has 0 aliphatic rings. The molecule has 0 fully saturated rings. The molecule has 0 saturated carbocycles. The minimum atomic E-state index is -3.81. The lowest BCUT2D eigenvalue weighted by Gasteiger charge is -2.15. The number of rotatable bonds is 8. The number of nitrogens with one attached hydrogen (secondary N) is 2. The summed E-state index contributed by atoms with van der Waals surface area (Å²) >= 11 is 3.26. The highest BCUT2D eigenvalue weighted by atomic mass is 79.9. The van der Waals surface area contributed by atoms with Gasteiger partial charge < -0.3 is 10.1 Å². The molecule has 0 aliphatic carbocycles. The molecule has 0 aromatic heterocycles. The van der Waals surface area contributed by atoms with Gasteiger partial charge in [0.15, 0.2) is 0 Å². The van der Waals surface area contributed by atoms with Crippen molar-refractivity contribution in [3.8, 4) is 5.75 Å². The first-order valence-electron chi connectivity index (χ1n) is 9.19. The largest absolute Gasteiger partial charge is 0.489 e. The van der Waals surface area contributed by atoms with Crippen molar-refractivity contribution >= 4 is 37.5 Å². The average Bonchev–Trinajstić information content (AvgIpc) is 2.74. The van der Waals surface area contributed by atoms with Crippen LogP contribution < -0.4 is 14.8 Å². The Hall–Kier alpha value is -2.68. The predicted octanol–water partition coefficient (Wildman–Crippen LogP) is 4.33. The maximum atomic E-state index is 12.4. The van der Waals surface area contributed by atoms with Crippen LogP contribution in [-0.2, 0) is 21.4 Å². The van der Waals surface area contributed by atoms with Gasteiger partial charge in [-0.05, 0) is 61.0 Å². The molecular weight excluding hydrogens is 468 g/mol. The van der Waals surface area contributed by atoms with E-state index >= 15 is 0 Å². The summed E-state index contributed by atoms with van der Waals surface area (Å²) in [7, 11) is -3.81. The summed E-state index contributed by atoms with van der Waals surface area (Å²) in [5, 5.41) is 2.70. The van der Waals surface area contributed by atoms with Gasteiger partial charge in [0.05, 0.1) is 10.9 Å². The second-order valence-electron chi connectivity index (χ2n) is 6.58. The van der Waals surface area contributed by atoms with E-state index in [1.54, 1.807) is 36.4 Å². The van der Waals surface area contributed by atoms with E-state index in [1.165, 1.54) is 19.1 Å². The third kappa shape index (κ3) is 6.16. The number of ether oxygens (including phenoxy) is 1. The van der Waals surface area contributed by atoms with Crippen LogP contribution in [0.3, 0.4) is 0 Å². The van der Waals surface area contributed by atoms with E-state index in [9.17, 15) is 13.2 Å². The first-order chi connectivity index (χ1) is 14.3. The minimum Gasteiger partial charge on any atom is -0.489 e. The standard InChI is InChI=1S/C22H21BrN2O4S/c1-16(25-30(27,28)21-13-7-18(23)8-14-21)22(26)24-19-9-11-20(12-10-19)29-15-17-5-3-2-4-6-17/h2-14,16,25H,15H2,1H3,(H,24,26)/t16-/m1/s1. The van der Waals surface area contributed by atoms with Crippen molar-refractivity contribution in [1.82, 2.24) is 4.72 Å². The van der Waals surface area contributed by atoms with Crippen LogP contribution in [0.15, 0.2) is 88.2 Å². The Morgan fingerprint density at radius 1 is 0.967 bits per heavy atom. The van der Waals surface area contributed by atoms with Crippen molar-refractivity contribution in [3.05, 3.63) is 88.9 Å². The number of anilines is 1. The topological polar surface area (TPSA) is 84.5 Å². The van der Waals surface area contributed by atoms with Gasteiger partial charge in [0.1, 0.15) is 12.4 Å². The van der Waals surface area contributed by atoms with Gasteiger partial charge in [-0.3, -0.25) is 4.79 Å². The smallest absolute Gasteiger partial charge is 0.242 e. The van der Waals surface area contributed by atoms with Crippen molar-refractivity contribution in [2.75, 3.05) is 5.32 Å². The van der Waals surface area contributed by atoms with E-state index in [-0.39, 0.29) is 4.90 Å². The summed E-state index contributed by atoms with van der Waals surface area (Å²) in [6, 6.07) is 21.9. The van der Waals surface area contributed by atoms with Crippen LogP contribution in [0, 0.1) is 0 Å². The summed E-state index contributed by atoms with van der Waals surface area (Å²) < 4.78 is 33.7. The molecule has 3 rings (SSSR count). The van der Waals surface area contributed by atoms with Gasteiger partial charge in [-0.1, -0.05) is 46.3 Å². The van der Waals surface area contributed by atoms with Crippen LogP contribution in [0.25, 0.3) is 0 Å². The summed E-state index contributed by atoms with van der Waals surface area (Å²) in [6.07, 6.45) is 0. The molecule has 1 amide bonds. The fourth-order valence-electron chi connectivity index (χ4n) is 2.59. The van der Waals surface area contributed by atoms with Crippen molar-refractivity contribution in [3.63, 3.8) is 0 Å². The molecule has 0 aliphatic heterocycles. The van der Waals surface area contributed by atoms with Crippen LogP contribution in [0.2, 0.25) is 0 Å². The zero-order valence-corrected chi connectivity index (χ0v) is 18.6. The molecule has 0 saturated heterocycles. The molecule has 8 heteroatoms. The Balaban J connectivity index is 1.55. The lowest BCUT2D eigenvalue weighted by atomic mass is 10.2. The van der Waals surface area contributed by atoms with E-state index in [1.807, 2.05) is 30.3 Å². The Morgan fingerprint density at radius 3 is 2.23 bits per heavy atom. The first kappa shape index (κ1) is 22.0. The number of carbonyl (C=O) groups is 1. The number of hydrogen-bond acceptors (Lipinski definition) is 4. The molecule has 3 aromatic carbocycles. The fraction of sp³-hybridized carbons (Fsp3) is 0.136. The Kier molecular flexibility index (Phi) is 7.25. The molecule has 6 nitrogen and oxygen atoms in total. The second kappa shape index (κ2) is 9.88. The number of benzene rings is 3. The fourth-order valence-corrected chi connectivity index (χ4v) is 4.06. The SMILES string of the molecule is C[C@@H](NS(=O)(=O)c1ccc(Br)cc1)C(=O)Nc1ccc(OCc2ccccc2)cc1. The zero-order valence-electron chi connectivity index (χ0n) is 16.2. The van der Waals surface area contributed by atoms with Gasteiger partial charge in [-0.2, -0.15) is 4.72 Å². The normalized spacial score (nSPS) is 12.2. The number of carbonyl (C=O) groups excluding carboxylic acids is 1. The lowest BCUT2D eigenvalue weighted by Crippen LogP contribution is -2.41. The Bertz CT molecular complexity index is 1090. The van der Waals surface area contributed by atoms with Crippen molar-refractivity contribution in [2.24, 2.45) is 0 Å². The van der Waals surface area contributed by atoms with Crippen LogP contribution in [0.1, 0.15) is 12.5 Å². The Labute approximate surface area is 184 Å². The predicted molar refractivity (Wildman–Crippen MR) is 120 cm³/mol. The maximum absolute atomic E-state index is 12.4. The van der Waals surface area contributed by atoms with Crippen LogP contribution in [0.4, 0.5) is 5.69 Å². The van der Waals surface area contributed by atoms with E-state index in [2.05, 4.69) is 26.0 Å². The van der Waals surface area contributed by atoms with E-state index in [0.717, 1.165) is 10.0 Å². The lowest BCUT2D eigenvalue weighted by molar-refractivity contribution is -0.117. The molecule has 30 heavy (non-hydrogen) atoms. The number of amides is 1. The van der Waals surface area contributed by atoms with Crippen molar-refractivity contribution in [1.29, 1.82) is 0 Å². The third-order valence-corrected chi connectivity index (χ3v) is 6.30. The first-order valence-corrected chi connectivity index (χ1v) is 11.5. The van der Waals surface area contributed by atoms with Crippen LogP contribution >= 0.6 is 15.9 Å². The van der Waals surface area contributed by atoms with E-state index < -0.39 is 22.0 Å². The van der Waals surface area contributed by atoms with Crippen molar-refractivity contribution < 1.29 is 17.9 Å². The molecule has 2 N–H and O–H groups in total. The molecule has 0 bridgehead atoms. The number of hydrogen-bond donors (Lipinski definition) is 2. The summed E-state index contributed by atoms with van der Waals surface area (Å²) in [4.78, 5) is 12.5. The van der Waals surface area contributed by atoms with Gasteiger partial charge in [0.2, 0.25) is 15.9 Å². The molecule has 0 heterocycles. The highest BCUT2D eigenvalue weighted by Crippen LogP contribution is 2.18. The van der Waals surface area contributed by atoms with Gasteiger partial charge in [0, 0.05) is 10.2 Å². The second-order valence-corrected chi connectivity index (χ2v) is 9.21. The molecule has 156 valence electrons. The molecule has 1 atom stereocenters. The summed E-state index contributed by atoms with van der Waals surface area (Å²) in [6.45, 7) is 1.94. The third-order valence-electron chi connectivity index (χ3n) is 4.22. The van der Waals surface area contributed by atoms with Gasteiger partial charge in [-0.25, -0.2) is 8.42 Å². The van der Waals surface area contributed by atoms with Crippen LogP contribution in [0.5, 0.6) is 5.75 Å². The van der Waals surface area contributed by atoms with E-state index in [0.29, 0.717) is 18.0 Å². The minimum absolute atomic E-state index is 0.0882. The molecule has 0 unspecified atom stereocenters. The quantitative estimate of drug-likeness (QED) is 0.493. The van der Waals surface area contributed by atoms with Gasteiger partial charge >= 0.3 is 0 Å². The number of halogens is 1. The summed E-state index contributed by atoms with van der Waals surface area (Å²) in [5.74, 6) is 0.203. The van der Waals surface area contributed by atoms with Crippen molar-refractivity contribution in [2.45, 2.75) is 24.5 Å². The maximum Gasteiger partial charge on any atom is 0.242 e. The molecule has 0 spiro atoms. The van der Waals surface area contributed by atoms with Crippen LogP contribution in [-0.4, -0.2) is 20.4 Å².